The lowest BCUT2D eigenvalue weighted by molar-refractivity contribution is -0.142. The van der Waals surface area contributed by atoms with Crippen LogP contribution in [0.2, 0.25) is 0 Å². The van der Waals surface area contributed by atoms with Gasteiger partial charge in [0.05, 0.1) is 13.2 Å². The molecule has 0 unspecified atom stereocenters. The topological polar surface area (TPSA) is 78.9 Å². The number of carbonyl (C=O) groups is 3. The predicted octanol–water partition coefficient (Wildman–Crippen LogP) is 6.38. The molecule has 2 aromatic rings. The van der Waals surface area contributed by atoms with Crippen LogP contribution in [-0.4, -0.2) is 37.4 Å². The van der Waals surface area contributed by atoms with Crippen molar-refractivity contribution in [2.75, 3.05) is 19.8 Å². The molecule has 41 heavy (non-hydrogen) atoms. The Bertz CT molecular complexity index is 1180. The lowest BCUT2D eigenvalue weighted by Crippen LogP contribution is -2.08. The van der Waals surface area contributed by atoms with Crippen LogP contribution in [0.1, 0.15) is 69.2 Å². The summed E-state index contributed by atoms with van der Waals surface area (Å²) in [7, 11) is 0. The van der Waals surface area contributed by atoms with Gasteiger partial charge in [0.1, 0.15) is 12.4 Å². The molecule has 6 nitrogen and oxygen atoms in total. The standard InChI is InChI=1S/C27H26O4.C5H10O2.C3H7/c1-4-7-8-26(29)19-30-18-23-12-9-22(10-13-23)11-14-24-15-21(5-2)16-27(17-24)31-20-25(28)6-3;1-3-5(6)7-4-2;1-3-2/h3,5,9-10,12-13,15-17H,2,4,11,14,18-20H2,1H3;3-4H2,1-2H3;1,3H2,2H3. The summed E-state index contributed by atoms with van der Waals surface area (Å²) in [4.78, 5) is 33.0. The van der Waals surface area contributed by atoms with E-state index in [1.54, 1.807) is 19.9 Å². The molecule has 0 fully saturated rings. The second kappa shape index (κ2) is 23.7. The summed E-state index contributed by atoms with van der Waals surface area (Å²) in [6, 6.07) is 13.9. The average Bonchev–Trinajstić information content (AvgIpc) is 2.99. The Morgan fingerprint density at radius 1 is 0.902 bits per heavy atom. The highest BCUT2D eigenvalue weighted by Crippen LogP contribution is 2.20. The van der Waals surface area contributed by atoms with E-state index in [0.717, 1.165) is 36.0 Å². The number of terminal acetylenes is 1. The zero-order chi connectivity index (χ0) is 30.9. The Hall–Kier alpha value is -4.13. The van der Waals surface area contributed by atoms with Crippen molar-refractivity contribution in [3.05, 3.63) is 78.2 Å². The second-order valence-electron chi connectivity index (χ2n) is 8.52. The van der Waals surface area contributed by atoms with Gasteiger partial charge in [0.2, 0.25) is 11.6 Å². The van der Waals surface area contributed by atoms with Crippen molar-refractivity contribution >= 4 is 23.6 Å². The zero-order valence-electron chi connectivity index (χ0n) is 24.9. The summed E-state index contributed by atoms with van der Waals surface area (Å²) in [6.45, 7) is 15.5. The lowest BCUT2D eigenvalue weighted by Gasteiger charge is -2.09. The van der Waals surface area contributed by atoms with E-state index in [2.05, 4.69) is 42.2 Å². The fourth-order valence-electron chi connectivity index (χ4n) is 3.06. The number of rotatable bonds is 13. The van der Waals surface area contributed by atoms with Crippen LogP contribution in [-0.2, 0) is 43.3 Å². The molecule has 219 valence electrons. The highest BCUT2D eigenvalue weighted by atomic mass is 16.5. The molecule has 0 spiro atoms. The van der Waals surface area contributed by atoms with Gasteiger partial charge < -0.3 is 14.2 Å². The first kappa shape index (κ1) is 36.9. The van der Waals surface area contributed by atoms with E-state index in [9.17, 15) is 14.4 Å². The number of hydrogen-bond acceptors (Lipinski definition) is 6. The third-order valence-electron chi connectivity index (χ3n) is 4.98. The van der Waals surface area contributed by atoms with Gasteiger partial charge >= 0.3 is 5.97 Å². The van der Waals surface area contributed by atoms with E-state index >= 15 is 0 Å². The molecule has 0 N–H and O–H groups in total. The van der Waals surface area contributed by atoms with Crippen molar-refractivity contribution in [2.24, 2.45) is 0 Å². The van der Waals surface area contributed by atoms with Crippen LogP contribution in [0.4, 0.5) is 0 Å². The Labute approximate surface area is 246 Å². The third-order valence-corrected chi connectivity index (χ3v) is 4.98. The van der Waals surface area contributed by atoms with Gasteiger partial charge in [-0.3, -0.25) is 14.4 Å². The maximum absolute atomic E-state index is 11.5. The summed E-state index contributed by atoms with van der Waals surface area (Å²) in [5.74, 6) is 7.19. The van der Waals surface area contributed by atoms with Crippen molar-refractivity contribution in [1.82, 2.24) is 0 Å². The van der Waals surface area contributed by atoms with Crippen molar-refractivity contribution < 1.29 is 28.6 Å². The highest BCUT2D eigenvalue weighted by molar-refractivity contribution is 5.96. The molecule has 2 rings (SSSR count). The molecule has 0 aliphatic carbocycles. The number of esters is 1. The molecule has 0 aromatic heterocycles. The molecule has 6 heteroatoms. The summed E-state index contributed by atoms with van der Waals surface area (Å²) >= 11 is 0. The first-order valence-corrected chi connectivity index (χ1v) is 13.8. The van der Waals surface area contributed by atoms with Crippen LogP contribution in [0.25, 0.3) is 6.08 Å². The molecule has 0 aliphatic rings. The van der Waals surface area contributed by atoms with Crippen molar-refractivity contribution in [2.45, 2.75) is 66.4 Å². The Morgan fingerprint density at radius 3 is 2.07 bits per heavy atom. The molecular formula is C35H43O6. The highest BCUT2D eigenvalue weighted by Gasteiger charge is 2.05. The molecule has 0 heterocycles. The maximum atomic E-state index is 11.5. The largest absolute Gasteiger partial charge is 0.485 e. The number of ether oxygens (including phenoxy) is 3. The molecule has 0 bridgehead atoms. The van der Waals surface area contributed by atoms with Crippen molar-refractivity contribution in [1.29, 1.82) is 0 Å². The van der Waals surface area contributed by atoms with Gasteiger partial charge in [-0.05, 0) is 66.0 Å². The van der Waals surface area contributed by atoms with Crippen molar-refractivity contribution in [3.63, 3.8) is 0 Å². The minimum absolute atomic E-state index is 0.00569. The summed E-state index contributed by atoms with van der Waals surface area (Å²) in [5.41, 5.74) is 4.19. The molecule has 0 atom stereocenters. The van der Waals surface area contributed by atoms with Gasteiger partial charge in [0.25, 0.3) is 0 Å². The van der Waals surface area contributed by atoms with E-state index in [0.29, 0.717) is 31.8 Å². The monoisotopic (exact) mass is 559 g/mol. The van der Waals surface area contributed by atoms with Crippen molar-refractivity contribution in [3.8, 4) is 29.9 Å². The quantitative estimate of drug-likeness (QED) is 0.161. The minimum Gasteiger partial charge on any atom is -0.485 e. The average molecular weight is 560 g/mol. The van der Waals surface area contributed by atoms with Gasteiger partial charge in [0.15, 0.2) is 6.61 Å². The Kier molecular flexibility index (Phi) is 21.3. The molecular weight excluding hydrogens is 516 g/mol. The summed E-state index contributed by atoms with van der Waals surface area (Å²) < 4.78 is 15.5. The Morgan fingerprint density at radius 2 is 1.54 bits per heavy atom. The first-order valence-electron chi connectivity index (χ1n) is 13.8. The molecule has 0 aliphatic heterocycles. The van der Waals surface area contributed by atoms with E-state index in [1.165, 1.54) is 5.56 Å². The summed E-state index contributed by atoms with van der Waals surface area (Å²) in [6.07, 6.45) is 10.6. The smallest absolute Gasteiger partial charge is 0.305 e. The van der Waals surface area contributed by atoms with Gasteiger partial charge in [-0.1, -0.05) is 83.0 Å². The predicted molar refractivity (Wildman–Crippen MR) is 165 cm³/mol. The molecule has 1 radical (unpaired) electrons. The minimum atomic E-state index is -0.395. The molecule has 0 saturated carbocycles. The van der Waals surface area contributed by atoms with Crippen LogP contribution in [0, 0.1) is 31.1 Å². The number of ketones is 2. The third kappa shape index (κ3) is 18.7. The molecule has 2 aromatic carbocycles. The number of hydrogen-bond donors (Lipinski definition) is 0. The van der Waals surface area contributed by atoms with E-state index in [1.807, 2.05) is 50.1 Å². The second-order valence-corrected chi connectivity index (χ2v) is 8.52. The number of benzene rings is 2. The normalized spacial score (nSPS) is 9.27. The van der Waals surface area contributed by atoms with Gasteiger partial charge in [-0.25, -0.2) is 0 Å². The van der Waals surface area contributed by atoms with Gasteiger partial charge in [-0.15, -0.1) is 6.42 Å². The van der Waals surface area contributed by atoms with Crippen LogP contribution in [0.3, 0.4) is 0 Å². The fraction of sp³-hybridized carbons (Fsp3) is 0.371. The van der Waals surface area contributed by atoms with Crippen LogP contribution in [0.15, 0.2) is 49.0 Å². The first-order chi connectivity index (χ1) is 19.8. The van der Waals surface area contributed by atoms with E-state index in [4.69, 9.17) is 15.9 Å². The Balaban J connectivity index is 0.00000137. The van der Waals surface area contributed by atoms with Crippen LogP contribution in [0.5, 0.6) is 5.75 Å². The van der Waals surface area contributed by atoms with Crippen LogP contribution < -0.4 is 4.74 Å². The van der Waals surface area contributed by atoms with E-state index < -0.39 is 5.78 Å². The SMILES string of the molecule is C#CC(=O)COc1cc(C=C)cc(CCc2ccc(COCC(=O)C#CCC)cc2)c1.CCOC(=O)CC.[CH2]CC. The van der Waals surface area contributed by atoms with Crippen LogP contribution >= 0.6 is 0 Å². The zero-order valence-corrected chi connectivity index (χ0v) is 24.9. The van der Waals surface area contributed by atoms with E-state index in [-0.39, 0.29) is 25.0 Å². The van der Waals surface area contributed by atoms with Gasteiger partial charge in [-0.2, -0.15) is 0 Å². The number of Topliss-reactive ketones (excluding diaryl/α,β-unsaturated/α-hetero) is 2. The fourth-order valence-corrected chi connectivity index (χ4v) is 3.06. The lowest BCUT2D eigenvalue weighted by atomic mass is 10.0. The number of carbonyl (C=O) groups excluding carboxylic acids is 3. The number of aryl methyl sites for hydroxylation is 2. The maximum Gasteiger partial charge on any atom is 0.305 e. The van der Waals surface area contributed by atoms with Gasteiger partial charge in [0, 0.05) is 12.8 Å². The molecule has 0 amide bonds. The summed E-state index contributed by atoms with van der Waals surface area (Å²) in [5, 5.41) is 0. The molecule has 0 saturated heterocycles.